The Labute approximate surface area is 143 Å². The molecule has 128 valence electrons. The lowest BCUT2D eigenvalue weighted by Gasteiger charge is -2.32. The lowest BCUT2D eigenvalue weighted by Crippen LogP contribution is -2.48. The van der Waals surface area contributed by atoms with Crippen LogP contribution in [0.5, 0.6) is 0 Å². The molecule has 1 aromatic rings. The summed E-state index contributed by atoms with van der Waals surface area (Å²) in [6, 6.07) is 2.76. The zero-order valence-corrected chi connectivity index (χ0v) is 15.0. The molecule has 0 saturated carbocycles. The molecule has 23 heavy (non-hydrogen) atoms. The second-order valence-electron chi connectivity index (χ2n) is 6.41. The average Bonchev–Trinajstić information content (AvgIpc) is 3.25. The maximum atomic E-state index is 5.64. The molecule has 3 rings (SSSR count). The minimum atomic E-state index is 0.338. The minimum absolute atomic E-state index is 0.338. The summed E-state index contributed by atoms with van der Waals surface area (Å²) in [6.07, 6.45) is 3.85. The highest BCUT2D eigenvalue weighted by Crippen LogP contribution is 2.24. The number of nitrogens with one attached hydrogen (secondary N) is 2. The highest BCUT2D eigenvalue weighted by atomic mass is 32.1. The molecular weight excluding hydrogens is 308 g/mol. The molecule has 2 N–H and O–H groups in total. The summed E-state index contributed by atoms with van der Waals surface area (Å²) in [5.41, 5.74) is 1.51. The highest BCUT2D eigenvalue weighted by Gasteiger charge is 2.21. The summed E-state index contributed by atoms with van der Waals surface area (Å²) >= 11 is 1.90. The van der Waals surface area contributed by atoms with Gasteiger partial charge >= 0.3 is 0 Å². The monoisotopic (exact) mass is 336 g/mol. The Hall–Kier alpha value is -1.11. The quantitative estimate of drug-likeness (QED) is 0.636. The van der Waals surface area contributed by atoms with Crippen molar-refractivity contribution < 1.29 is 4.74 Å². The van der Waals surface area contributed by atoms with Crippen molar-refractivity contribution in [3.63, 3.8) is 0 Å². The largest absolute Gasteiger partial charge is 0.376 e. The molecule has 2 aliphatic rings. The molecule has 2 aliphatic heterocycles. The summed E-state index contributed by atoms with van der Waals surface area (Å²) in [4.78, 5) is 8.43. The van der Waals surface area contributed by atoms with Crippen LogP contribution in [0.1, 0.15) is 30.2 Å². The Bertz CT molecular complexity index is 524. The van der Waals surface area contributed by atoms with Gasteiger partial charge in [-0.25, -0.2) is 0 Å². The first kappa shape index (κ1) is 16.7. The van der Waals surface area contributed by atoms with Crippen LogP contribution < -0.4 is 10.6 Å². The zero-order valence-electron chi connectivity index (χ0n) is 14.2. The second-order valence-corrected chi connectivity index (χ2v) is 7.41. The number of hydrogen-bond acceptors (Lipinski definition) is 4. The van der Waals surface area contributed by atoms with E-state index in [0.29, 0.717) is 12.1 Å². The van der Waals surface area contributed by atoms with E-state index in [1.807, 2.05) is 18.4 Å². The van der Waals surface area contributed by atoms with E-state index in [-0.39, 0.29) is 0 Å². The van der Waals surface area contributed by atoms with Gasteiger partial charge in [-0.15, -0.1) is 11.3 Å². The van der Waals surface area contributed by atoms with Gasteiger partial charge in [-0.2, -0.15) is 0 Å². The molecule has 1 fully saturated rings. The molecular formula is C17H28N4OS. The van der Waals surface area contributed by atoms with Gasteiger partial charge in [0, 0.05) is 50.8 Å². The fourth-order valence-electron chi connectivity index (χ4n) is 3.26. The van der Waals surface area contributed by atoms with Crippen LogP contribution in [0.25, 0.3) is 0 Å². The highest BCUT2D eigenvalue weighted by molar-refractivity contribution is 7.10. The molecule has 1 saturated heterocycles. The van der Waals surface area contributed by atoms with Crippen molar-refractivity contribution in [3.8, 4) is 0 Å². The van der Waals surface area contributed by atoms with Gasteiger partial charge < -0.3 is 15.4 Å². The summed E-state index contributed by atoms with van der Waals surface area (Å²) in [5, 5.41) is 9.05. The fourth-order valence-corrected chi connectivity index (χ4v) is 4.15. The molecule has 3 heterocycles. The van der Waals surface area contributed by atoms with Crippen molar-refractivity contribution in [2.24, 2.45) is 4.99 Å². The van der Waals surface area contributed by atoms with Gasteiger partial charge in [-0.3, -0.25) is 9.89 Å². The topological polar surface area (TPSA) is 48.9 Å². The number of guanidine groups is 1. The van der Waals surface area contributed by atoms with Crippen molar-refractivity contribution in [1.29, 1.82) is 0 Å². The third-order valence-corrected chi connectivity index (χ3v) is 5.79. The third-order valence-electron chi connectivity index (χ3n) is 4.77. The van der Waals surface area contributed by atoms with E-state index < -0.39 is 0 Å². The molecule has 5 nitrogen and oxygen atoms in total. The van der Waals surface area contributed by atoms with Crippen LogP contribution in [0.15, 0.2) is 16.4 Å². The van der Waals surface area contributed by atoms with Crippen LogP contribution in [-0.2, 0) is 17.7 Å². The molecule has 0 bridgehead atoms. The van der Waals surface area contributed by atoms with Crippen LogP contribution in [0.2, 0.25) is 0 Å². The standard InChI is InChI=1S/C17H28N4OS/c1-13(21-7-5-16-14(12-21)6-9-23-16)10-19-17(18-2)20-11-15-4-3-8-22-15/h6,9,13,15H,3-5,7-8,10-12H2,1-2H3,(H2,18,19,20). The molecule has 0 aromatic carbocycles. The van der Waals surface area contributed by atoms with Crippen molar-refractivity contribution in [1.82, 2.24) is 15.5 Å². The number of hydrogen-bond donors (Lipinski definition) is 2. The van der Waals surface area contributed by atoms with E-state index >= 15 is 0 Å². The number of fused-ring (bicyclic) bond motifs is 1. The van der Waals surface area contributed by atoms with Gasteiger partial charge in [0.1, 0.15) is 0 Å². The first-order chi connectivity index (χ1) is 11.3. The average molecular weight is 337 g/mol. The Kier molecular flexibility index (Phi) is 5.91. The van der Waals surface area contributed by atoms with Gasteiger partial charge in [0.2, 0.25) is 0 Å². The van der Waals surface area contributed by atoms with Crippen molar-refractivity contribution >= 4 is 17.3 Å². The zero-order chi connectivity index (χ0) is 16.1. The lowest BCUT2D eigenvalue weighted by molar-refractivity contribution is 0.113. The van der Waals surface area contributed by atoms with Crippen LogP contribution in [0, 0.1) is 0 Å². The number of thiophene rings is 1. The van der Waals surface area contributed by atoms with Gasteiger partial charge in [-0.05, 0) is 43.2 Å². The number of nitrogens with zero attached hydrogens (tertiary/aromatic N) is 2. The molecule has 1 aromatic heterocycles. The summed E-state index contributed by atoms with van der Waals surface area (Å²) in [7, 11) is 1.83. The van der Waals surface area contributed by atoms with E-state index in [4.69, 9.17) is 4.74 Å². The molecule has 2 unspecified atom stereocenters. The maximum absolute atomic E-state index is 5.64. The first-order valence-electron chi connectivity index (χ1n) is 8.61. The Morgan fingerprint density at radius 1 is 1.52 bits per heavy atom. The predicted octanol–water partition coefficient (Wildman–Crippen LogP) is 1.84. The SMILES string of the molecule is CN=C(NCC1CCCO1)NCC(C)N1CCc2sccc2C1. The smallest absolute Gasteiger partial charge is 0.191 e. The van der Waals surface area contributed by atoms with E-state index in [1.165, 1.54) is 18.4 Å². The Balaban J connectivity index is 1.41. The molecule has 0 amide bonds. The van der Waals surface area contributed by atoms with Crippen molar-refractivity contribution in [2.45, 2.75) is 44.9 Å². The summed E-state index contributed by atoms with van der Waals surface area (Å²) in [6.45, 7) is 7.16. The second kappa shape index (κ2) is 8.13. The van der Waals surface area contributed by atoms with Gasteiger partial charge in [0.05, 0.1) is 6.10 Å². The van der Waals surface area contributed by atoms with Gasteiger partial charge in [0.15, 0.2) is 5.96 Å². The van der Waals surface area contributed by atoms with Crippen LogP contribution >= 0.6 is 11.3 Å². The molecule has 2 atom stereocenters. The molecule has 6 heteroatoms. The summed E-state index contributed by atoms with van der Waals surface area (Å²) < 4.78 is 5.64. The van der Waals surface area contributed by atoms with Crippen LogP contribution in [0.4, 0.5) is 0 Å². The number of ether oxygens (including phenoxy) is 1. The first-order valence-corrected chi connectivity index (χ1v) is 9.49. The van der Waals surface area contributed by atoms with E-state index in [1.54, 1.807) is 4.88 Å². The molecule has 0 radical (unpaired) electrons. The molecule has 0 aliphatic carbocycles. The summed E-state index contributed by atoms with van der Waals surface area (Å²) in [5.74, 6) is 0.876. The normalized spacial score (nSPS) is 23.6. The maximum Gasteiger partial charge on any atom is 0.191 e. The Morgan fingerprint density at radius 2 is 2.43 bits per heavy atom. The van der Waals surface area contributed by atoms with Crippen molar-refractivity contribution in [3.05, 3.63) is 21.9 Å². The van der Waals surface area contributed by atoms with E-state index in [9.17, 15) is 0 Å². The lowest BCUT2D eigenvalue weighted by atomic mass is 10.1. The third kappa shape index (κ3) is 4.46. The number of rotatable bonds is 5. The van der Waals surface area contributed by atoms with Crippen molar-refractivity contribution in [2.75, 3.05) is 33.3 Å². The Morgan fingerprint density at radius 3 is 3.22 bits per heavy atom. The van der Waals surface area contributed by atoms with Gasteiger partial charge in [-0.1, -0.05) is 0 Å². The number of aliphatic imine (C=N–C) groups is 1. The van der Waals surface area contributed by atoms with Crippen LogP contribution in [-0.4, -0.2) is 56.3 Å². The fraction of sp³-hybridized carbons (Fsp3) is 0.706. The minimum Gasteiger partial charge on any atom is -0.376 e. The van der Waals surface area contributed by atoms with Gasteiger partial charge in [0.25, 0.3) is 0 Å². The van der Waals surface area contributed by atoms with Crippen LogP contribution in [0.3, 0.4) is 0 Å². The van der Waals surface area contributed by atoms with E-state index in [0.717, 1.165) is 45.2 Å². The van der Waals surface area contributed by atoms with E-state index in [2.05, 4.69) is 38.9 Å². The predicted molar refractivity (Wildman–Crippen MR) is 96.2 cm³/mol. The molecule has 0 spiro atoms.